The van der Waals surface area contributed by atoms with Crippen LogP contribution in [0.3, 0.4) is 0 Å². The maximum Gasteiger partial charge on any atom is 0.252 e. The van der Waals surface area contributed by atoms with Crippen LogP contribution in [0.4, 0.5) is 5.69 Å². The number of hydrogen-bond donors (Lipinski definition) is 1. The van der Waals surface area contributed by atoms with E-state index in [1.165, 1.54) is 0 Å². The van der Waals surface area contributed by atoms with Crippen LogP contribution in [0.2, 0.25) is 0 Å². The Morgan fingerprint density at radius 3 is 2.53 bits per heavy atom. The molecule has 2 aromatic carbocycles. The second-order valence-corrected chi connectivity index (χ2v) is 8.19. The van der Waals surface area contributed by atoms with Gasteiger partial charge in [0.1, 0.15) is 17.9 Å². The first-order chi connectivity index (χ1) is 15.6. The molecule has 2 aliphatic heterocycles. The lowest BCUT2D eigenvalue weighted by molar-refractivity contribution is -0.133. The van der Waals surface area contributed by atoms with Crippen molar-refractivity contribution >= 4 is 23.3 Å². The lowest BCUT2D eigenvalue weighted by Crippen LogP contribution is -2.71. The highest BCUT2D eigenvalue weighted by molar-refractivity contribution is 6.07. The van der Waals surface area contributed by atoms with Crippen LogP contribution in [-0.2, 0) is 25.5 Å². The van der Waals surface area contributed by atoms with Gasteiger partial charge < -0.3 is 19.7 Å². The van der Waals surface area contributed by atoms with Crippen LogP contribution in [0.25, 0.3) is 0 Å². The van der Waals surface area contributed by atoms with Crippen molar-refractivity contribution in [2.75, 3.05) is 18.6 Å². The van der Waals surface area contributed by atoms with Crippen LogP contribution < -0.4 is 15.0 Å². The molecule has 1 N–H and O–H groups in total. The highest BCUT2D eigenvalue weighted by atomic mass is 16.5. The van der Waals surface area contributed by atoms with E-state index in [-0.39, 0.29) is 36.2 Å². The molecule has 2 amide bonds. The number of ketones is 1. The van der Waals surface area contributed by atoms with Crippen LogP contribution in [-0.4, -0.2) is 49.5 Å². The summed E-state index contributed by atoms with van der Waals surface area (Å²) in [4.78, 5) is 39.8. The van der Waals surface area contributed by atoms with Gasteiger partial charge in [0.2, 0.25) is 5.91 Å². The molecule has 0 spiro atoms. The van der Waals surface area contributed by atoms with Crippen molar-refractivity contribution in [2.24, 2.45) is 0 Å². The zero-order valence-corrected chi connectivity index (χ0v) is 18.2. The van der Waals surface area contributed by atoms with E-state index in [4.69, 9.17) is 9.47 Å². The predicted octanol–water partition coefficient (Wildman–Crippen LogP) is 2.67. The minimum Gasteiger partial charge on any atom is -0.497 e. The standard InChI is InChI=1S/C25H28N2O5/c1-31-19-11-9-18(10-12-19)27-20(13-14-21(28)22-8-5-15-32-22)24(25(27)30)26-23(29)16-17-6-3-2-4-7-17/h2-4,6-7,9-12,20,22,24H,5,8,13-16H2,1H3,(H,26,29)/t20-,22+,24+/m1/s1. The molecule has 0 unspecified atom stereocenters. The van der Waals surface area contributed by atoms with Gasteiger partial charge in [-0.2, -0.15) is 0 Å². The topological polar surface area (TPSA) is 84.9 Å². The Morgan fingerprint density at radius 2 is 1.88 bits per heavy atom. The molecule has 32 heavy (non-hydrogen) atoms. The van der Waals surface area contributed by atoms with Crippen LogP contribution in [0, 0.1) is 0 Å². The van der Waals surface area contributed by atoms with Crippen molar-refractivity contribution in [1.29, 1.82) is 0 Å². The molecule has 0 aliphatic carbocycles. The number of carbonyl (C=O) groups excluding carboxylic acids is 3. The van der Waals surface area contributed by atoms with E-state index in [9.17, 15) is 14.4 Å². The second-order valence-electron chi connectivity index (χ2n) is 8.19. The number of β-lactam (4-membered cyclic amide) rings is 1. The van der Waals surface area contributed by atoms with Crippen molar-refractivity contribution in [2.45, 2.75) is 50.3 Å². The molecule has 4 rings (SSSR count). The molecule has 168 valence electrons. The van der Waals surface area contributed by atoms with E-state index >= 15 is 0 Å². The minimum atomic E-state index is -0.648. The van der Waals surface area contributed by atoms with E-state index in [0.717, 1.165) is 24.1 Å². The van der Waals surface area contributed by atoms with Crippen molar-refractivity contribution < 1.29 is 23.9 Å². The number of rotatable bonds is 9. The molecule has 7 nitrogen and oxygen atoms in total. The first kappa shape index (κ1) is 22.0. The van der Waals surface area contributed by atoms with E-state index in [1.807, 2.05) is 42.5 Å². The first-order valence-corrected chi connectivity index (χ1v) is 11.0. The molecule has 0 saturated carbocycles. The van der Waals surface area contributed by atoms with Crippen LogP contribution in [0.15, 0.2) is 54.6 Å². The number of Topliss-reactive ketones (excluding diaryl/α,β-unsaturated/α-hetero) is 1. The smallest absolute Gasteiger partial charge is 0.252 e. The number of hydrogen-bond acceptors (Lipinski definition) is 5. The fourth-order valence-electron chi connectivity index (χ4n) is 4.35. The van der Waals surface area contributed by atoms with Gasteiger partial charge in [-0.15, -0.1) is 0 Å². The van der Waals surface area contributed by atoms with Gasteiger partial charge in [-0.25, -0.2) is 0 Å². The molecular formula is C25H28N2O5. The monoisotopic (exact) mass is 436 g/mol. The zero-order chi connectivity index (χ0) is 22.5. The van der Waals surface area contributed by atoms with Gasteiger partial charge in [-0.05, 0) is 49.1 Å². The second kappa shape index (κ2) is 9.96. The van der Waals surface area contributed by atoms with E-state index in [1.54, 1.807) is 24.1 Å². The molecule has 2 fully saturated rings. The Kier molecular flexibility index (Phi) is 6.85. The van der Waals surface area contributed by atoms with Crippen LogP contribution in [0.5, 0.6) is 5.75 Å². The van der Waals surface area contributed by atoms with Gasteiger partial charge in [0.15, 0.2) is 5.78 Å². The Morgan fingerprint density at radius 1 is 1.12 bits per heavy atom. The highest BCUT2D eigenvalue weighted by Crippen LogP contribution is 2.32. The molecule has 0 aromatic heterocycles. The summed E-state index contributed by atoms with van der Waals surface area (Å²) in [7, 11) is 1.58. The summed E-state index contributed by atoms with van der Waals surface area (Å²) < 4.78 is 10.7. The quantitative estimate of drug-likeness (QED) is 0.611. The maximum absolute atomic E-state index is 13.0. The van der Waals surface area contributed by atoms with Crippen LogP contribution >= 0.6 is 0 Å². The summed E-state index contributed by atoms with van der Waals surface area (Å²) in [6, 6.07) is 15.7. The highest BCUT2D eigenvalue weighted by Gasteiger charge is 2.48. The summed E-state index contributed by atoms with van der Waals surface area (Å²) in [5.74, 6) is 0.371. The van der Waals surface area contributed by atoms with E-state index in [0.29, 0.717) is 25.2 Å². The fraction of sp³-hybridized carbons (Fsp3) is 0.400. The molecule has 2 aromatic rings. The third-order valence-corrected chi connectivity index (χ3v) is 6.07. The molecular weight excluding hydrogens is 408 g/mol. The third-order valence-electron chi connectivity index (χ3n) is 6.07. The van der Waals surface area contributed by atoms with Gasteiger partial charge >= 0.3 is 0 Å². The Bertz CT molecular complexity index is 954. The lowest BCUT2D eigenvalue weighted by Gasteiger charge is -2.47. The van der Waals surface area contributed by atoms with Gasteiger partial charge in [-0.3, -0.25) is 14.4 Å². The van der Waals surface area contributed by atoms with E-state index < -0.39 is 6.04 Å². The number of ether oxygens (including phenoxy) is 2. The lowest BCUT2D eigenvalue weighted by atomic mass is 9.88. The number of methoxy groups -OCH3 is 1. The van der Waals surface area contributed by atoms with Crippen molar-refractivity contribution in [3.63, 3.8) is 0 Å². The molecule has 2 saturated heterocycles. The maximum atomic E-state index is 13.0. The SMILES string of the molecule is COc1ccc(N2C(=O)[C@@H](NC(=O)Cc3ccccc3)[C@H]2CCC(=O)[C@@H]2CCCO2)cc1. The van der Waals surface area contributed by atoms with Gasteiger partial charge in [0.25, 0.3) is 5.91 Å². The number of benzene rings is 2. The molecule has 0 bridgehead atoms. The fourth-order valence-corrected chi connectivity index (χ4v) is 4.35. The number of amides is 2. The summed E-state index contributed by atoms with van der Waals surface area (Å²) in [6.45, 7) is 0.620. The summed E-state index contributed by atoms with van der Waals surface area (Å²) in [6.07, 6.45) is 2.28. The molecule has 7 heteroatoms. The molecule has 3 atom stereocenters. The molecule has 2 aliphatic rings. The Hall–Kier alpha value is -3.19. The molecule has 2 heterocycles. The van der Waals surface area contributed by atoms with Gasteiger partial charge in [0.05, 0.1) is 19.6 Å². The summed E-state index contributed by atoms with van der Waals surface area (Å²) in [5, 5.41) is 2.88. The molecule has 0 radical (unpaired) electrons. The number of anilines is 1. The number of carbonyl (C=O) groups is 3. The summed E-state index contributed by atoms with van der Waals surface area (Å²) in [5.41, 5.74) is 1.60. The van der Waals surface area contributed by atoms with Crippen molar-refractivity contribution in [3.8, 4) is 5.75 Å². The van der Waals surface area contributed by atoms with E-state index in [2.05, 4.69) is 5.32 Å². The van der Waals surface area contributed by atoms with Crippen LogP contribution in [0.1, 0.15) is 31.2 Å². The predicted molar refractivity (Wildman–Crippen MR) is 120 cm³/mol. The third kappa shape index (κ3) is 4.83. The first-order valence-electron chi connectivity index (χ1n) is 11.0. The Balaban J connectivity index is 1.45. The number of nitrogens with zero attached hydrogens (tertiary/aromatic N) is 1. The number of nitrogens with one attached hydrogen (secondary N) is 1. The average Bonchev–Trinajstić information content (AvgIpc) is 3.36. The Labute approximate surface area is 187 Å². The largest absolute Gasteiger partial charge is 0.497 e. The zero-order valence-electron chi connectivity index (χ0n) is 18.2. The normalized spacial score (nSPS) is 22.3. The van der Waals surface area contributed by atoms with Crippen molar-refractivity contribution in [1.82, 2.24) is 5.32 Å². The van der Waals surface area contributed by atoms with Gasteiger partial charge in [0, 0.05) is 18.7 Å². The van der Waals surface area contributed by atoms with Gasteiger partial charge in [-0.1, -0.05) is 30.3 Å². The summed E-state index contributed by atoms with van der Waals surface area (Å²) >= 11 is 0. The average molecular weight is 437 g/mol. The minimum absolute atomic E-state index is 0.0610. The van der Waals surface area contributed by atoms with Crippen molar-refractivity contribution in [3.05, 3.63) is 60.2 Å².